The number of carbonyl (C=O) groups excluding carboxylic acids is 4. The van der Waals surface area contributed by atoms with Crippen LogP contribution >= 0.6 is 0 Å². The molecule has 0 aliphatic carbocycles. The van der Waals surface area contributed by atoms with Crippen molar-refractivity contribution in [1.29, 1.82) is 5.26 Å². The molecule has 0 atom stereocenters. The van der Waals surface area contributed by atoms with Crippen LogP contribution in [-0.2, 0) is 9.59 Å². The van der Waals surface area contributed by atoms with Crippen molar-refractivity contribution in [1.82, 2.24) is 9.80 Å². The molecule has 1 aromatic carbocycles. The summed E-state index contributed by atoms with van der Waals surface area (Å²) < 4.78 is 0. The average molecular weight is 552 g/mol. The Hall–Kier alpha value is -3.80. The maximum absolute atomic E-state index is 13.7. The first-order chi connectivity index (χ1) is 19.3. The van der Waals surface area contributed by atoms with Crippen LogP contribution < -0.4 is 5.43 Å². The van der Waals surface area contributed by atoms with E-state index in [4.69, 9.17) is 0 Å². The predicted octanol–water partition coefficient (Wildman–Crippen LogP) is 5.78. The Kier molecular flexibility index (Phi) is 16.5. The van der Waals surface area contributed by atoms with E-state index in [0.717, 1.165) is 51.4 Å². The maximum Gasteiger partial charge on any atom is 0.256 e. The Morgan fingerprint density at radius 1 is 0.850 bits per heavy atom. The van der Waals surface area contributed by atoms with E-state index in [0.29, 0.717) is 49.9 Å². The van der Waals surface area contributed by atoms with Crippen LogP contribution in [0, 0.1) is 11.3 Å². The minimum Gasteiger partial charge on any atom is -0.339 e. The first-order valence-corrected chi connectivity index (χ1v) is 14.4. The van der Waals surface area contributed by atoms with Crippen molar-refractivity contribution < 1.29 is 19.2 Å². The van der Waals surface area contributed by atoms with Crippen LogP contribution in [0.3, 0.4) is 0 Å². The number of amides is 2. The Balaban J connectivity index is 3.62. The predicted molar refractivity (Wildman–Crippen MR) is 159 cm³/mol. The molecule has 0 bridgehead atoms. The lowest BCUT2D eigenvalue weighted by atomic mass is 10.1. The van der Waals surface area contributed by atoms with Gasteiger partial charge in [0.05, 0.1) is 16.8 Å². The molecule has 0 fully saturated rings. The van der Waals surface area contributed by atoms with Crippen molar-refractivity contribution in [3.05, 3.63) is 40.5 Å². The summed E-state index contributed by atoms with van der Waals surface area (Å²) in [6.07, 6.45) is 8.10. The number of aldehydes is 2. The summed E-state index contributed by atoms with van der Waals surface area (Å²) in [4.78, 5) is 53.8. The van der Waals surface area contributed by atoms with E-state index < -0.39 is 0 Å². The fourth-order valence-electron chi connectivity index (χ4n) is 3.99. The van der Waals surface area contributed by atoms with Gasteiger partial charge >= 0.3 is 0 Å². The third-order valence-corrected chi connectivity index (χ3v) is 6.63. The average Bonchev–Trinajstić information content (AvgIpc) is 2.97. The van der Waals surface area contributed by atoms with Gasteiger partial charge in [0.15, 0.2) is 12.6 Å². The number of anilines is 1. The molecule has 1 N–H and O–H groups in total. The lowest BCUT2D eigenvalue weighted by Crippen LogP contribution is -2.34. The molecule has 0 aromatic heterocycles. The van der Waals surface area contributed by atoms with E-state index in [2.05, 4.69) is 38.2 Å². The number of hydrazone groups is 1. The van der Waals surface area contributed by atoms with Crippen molar-refractivity contribution in [3.63, 3.8) is 0 Å². The van der Waals surface area contributed by atoms with Crippen molar-refractivity contribution in [2.24, 2.45) is 5.10 Å². The maximum atomic E-state index is 13.7. The number of rotatable bonds is 19. The molecule has 0 aliphatic rings. The quantitative estimate of drug-likeness (QED) is 0.0765. The number of allylic oxidation sites excluding steroid dienone is 2. The van der Waals surface area contributed by atoms with Crippen molar-refractivity contribution >= 4 is 35.8 Å². The number of hydrogen-bond acceptors (Lipinski definition) is 7. The Bertz CT molecular complexity index is 1090. The Morgan fingerprint density at radius 3 is 1.77 bits per heavy atom. The lowest BCUT2D eigenvalue weighted by Gasteiger charge is -2.25. The van der Waals surface area contributed by atoms with E-state index in [1.54, 1.807) is 29.2 Å². The van der Waals surface area contributed by atoms with Crippen molar-refractivity contribution in [2.45, 2.75) is 86.0 Å². The summed E-state index contributed by atoms with van der Waals surface area (Å²) in [5.74, 6) is -0.334. The lowest BCUT2D eigenvalue weighted by molar-refractivity contribution is -0.104. The molecule has 0 unspecified atom stereocenters. The van der Waals surface area contributed by atoms with Gasteiger partial charge < -0.3 is 9.80 Å². The molecule has 2 amide bonds. The van der Waals surface area contributed by atoms with Crippen LogP contribution in [0.15, 0.2) is 34.4 Å². The molecule has 9 nitrogen and oxygen atoms in total. The van der Waals surface area contributed by atoms with Gasteiger partial charge in [-0.2, -0.15) is 10.4 Å². The van der Waals surface area contributed by atoms with Gasteiger partial charge in [0.25, 0.3) is 11.8 Å². The summed E-state index contributed by atoms with van der Waals surface area (Å²) in [6, 6.07) is 6.64. The number of nitrogens with one attached hydrogen (secondary N) is 1. The van der Waals surface area contributed by atoms with E-state index in [1.165, 1.54) is 6.92 Å². The number of benzene rings is 1. The van der Waals surface area contributed by atoms with Gasteiger partial charge in [0, 0.05) is 37.3 Å². The van der Waals surface area contributed by atoms with Crippen LogP contribution in [0.1, 0.15) is 107 Å². The summed E-state index contributed by atoms with van der Waals surface area (Å²) >= 11 is 0. The monoisotopic (exact) mass is 551 g/mol. The zero-order valence-electron chi connectivity index (χ0n) is 24.8. The summed E-state index contributed by atoms with van der Waals surface area (Å²) in [6.45, 7) is 12.2. The Morgan fingerprint density at radius 2 is 1.35 bits per heavy atom. The standard InChI is InChI=1S/C31H45N5O4/c1-6-10-16-35(17-11-7-2)30(39)25-14-15-27(31(40)36(18-12-8-3)19-13-9-4)28(20-25)33-34-29(23-38)24(5)26(21-32)22-37/h14-15,20,22-23,33H,6-13,16-19H2,1-5H3/b26-24-,34-29?. The third kappa shape index (κ3) is 10.4. The summed E-state index contributed by atoms with van der Waals surface area (Å²) in [5.41, 5.74) is 3.53. The first-order valence-electron chi connectivity index (χ1n) is 14.4. The van der Waals surface area contributed by atoms with E-state index in [1.807, 2.05) is 4.90 Å². The molecular weight excluding hydrogens is 506 g/mol. The minimum atomic E-state index is -0.222. The van der Waals surface area contributed by atoms with Gasteiger partial charge in [-0.05, 0) is 50.8 Å². The van der Waals surface area contributed by atoms with Crippen molar-refractivity contribution in [3.8, 4) is 6.07 Å². The summed E-state index contributed by atoms with van der Waals surface area (Å²) in [5, 5.41) is 13.3. The summed E-state index contributed by atoms with van der Waals surface area (Å²) in [7, 11) is 0. The number of unbranched alkanes of at least 4 members (excludes halogenated alkanes) is 4. The number of hydrogen-bond donors (Lipinski definition) is 1. The molecule has 0 spiro atoms. The van der Waals surface area contributed by atoms with E-state index in [9.17, 15) is 24.4 Å². The van der Waals surface area contributed by atoms with Crippen LogP contribution in [0.25, 0.3) is 0 Å². The third-order valence-electron chi connectivity index (χ3n) is 6.63. The molecular formula is C31H45N5O4. The smallest absolute Gasteiger partial charge is 0.256 e. The zero-order valence-corrected chi connectivity index (χ0v) is 24.8. The van der Waals surface area contributed by atoms with Gasteiger partial charge in [0.1, 0.15) is 11.8 Å². The van der Waals surface area contributed by atoms with Crippen molar-refractivity contribution in [2.75, 3.05) is 31.6 Å². The van der Waals surface area contributed by atoms with Crippen LogP contribution in [-0.4, -0.2) is 66.1 Å². The van der Waals surface area contributed by atoms with Gasteiger partial charge in [-0.3, -0.25) is 24.6 Å². The molecule has 0 saturated heterocycles. The first kappa shape index (κ1) is 34.2. The molecule has 0 saturated carbocycles. The second-order valence-electron chi connectivity index (χ2n) is 9.75. The highest BCUT2D eigenvalue weighted by Gasteiger charge is 2.22. The second kappa shape index (κ2) is 19.3. The van der Waals surface area contributed by atoms with Crippen LogP contribution in [0.4, 0.5) is 5.69 Å². The normalized spacial score (nSPS) is 11.8. The minimum absolute atomic E-state index is 0.109. The van der Waals surface area contributed by atoms with Gasteiger partial charge in [-0.15, -0.1) is 0 Å². The number of nitrogens with zero attached hydrogens (tertiary/aromatic N) is 4. The number of carbonyl (C=O) groups is 4. The molecule has 1 rings (SSSR count). The SMILES string of the molecule is CCCCN(CCCC)C(=O)c1ccc(C(=O)N(CCCC)CCCC)c(NN=C(C=O)/C(C)=C(/C#N)C=O)c1. The molecule has 9 heteroatoms. The molecule has 218 valence electrons. The molecule has 0 heterocycles. The zero-order chi connectivity index (χ0) is 29.9. The second-order valence-corrected chi connectivity index (χ2v) is 9.75. The largest absolute Gasteiger partial charge is 0.339 e. The van der Waals surface area contributed by atoms with Gasteiger partial charge in [-0.25, -0.2) is 0 Å². The van der Waals surface area contributed by atoms with Gasteiger partial charge in [-0.1, -0.05) is 53.4 Å². The molecule has 0 aliphatic heterocycles. The topological polar surface area (TPSA) is 123 Å². The molecule has 1 aromatic rings. The Labute approximate surface area is 239 Å². The van der Waals surface area contributed by atoms with E-state index >= 15 is 0 Å². The highest BCUT2D eigenvalue weighted by Crippen LogP contribution is 2.23. The van der Waals surface area contributed by atoms with Gasteiger partial charge in [0.2, 0.25) is 0 Å². The van der Waals surface area contributed by atoms with E-state index in [-0.39, 0.29) is 34.4 Å². The molecule has 0 radical (unpaired) electrons. The number of nitriles is 1. The molecule has 40 heavy (non-hydrogen) atoms. The highest BCUT2D eigenvalue weighted by molar-refractivity contribution is 6.37. The van der Waals surface area contributed by atoms with Crippen LogP contribution in [0.5, 0.6) is 0 Å². The fraction of sp³-hybridized carbons (Fsp3) is 0.548. The van der Waals surface area contributed by atoms with Crippen LogP contribution in [0.2, 0.25) is 0 Å². The fourth-order valence-corrected chi connectivity index (χ4v) is 3.99. The highest BCUT2D eigenvalue weighted by atomic mass is 16.2.